The van der Waals surface area contributed by atoms with Crippen molar-refractivity contribution in [3.8, 4) is 17.0 Å². The number of ketones is 1. The van der Waals surface area contributed by atoms with Gasteiger partial charge in [0, 0.05) is 54.5 Å². The van der Waals surface area contributed by atoms with Gasteiger partial charge in [-0.2, -0.15) is 0 Å². The molecule has 0 aliphatic carbocycles. The molecule has 4 aromatic rings. The molecule has 1 aliphatic heterocycles. The van der Waals surface area contributed by atoms with Crippen LogP contribution in [0.5, 0.6) is 5.88 Å². The highest BCUT2D eigenvalue weighted by Gasteiger charge is 2.33. The van der Waals surface area contributed by atoms with Crippen molar-refractivity contribution in [3.05, 3.63) is 78.8 Å². The Morgan fingerprint density at radius 2 is 1.76 bits per heavy atom. The predicted octanol–water partition coefficient (Wildman–Crippen LogP) is 4.35. The van der Waals surface area contributed by atoms with Crippen molar-refractivity contribution in [3.63, 3.8) is 0 Å². The largest absolute Gasteiger partial charge is 0.480 e. The first-order valence-electron chi connectivity index (χ1n) is 13.9. The number of rotatable bonds is 8. The lowest BCUT2D eigenvalue weighted by Gasteiger charge is -2.44. The van der Waals surface area contributed by atoms with Gasteiger partial charge in [-0.1, -0.05) is 6.07 Å². The maximum absolute atomic E-state index is 14.3. The third kappa shape index (κ3) is 6.60. The maximum atomic E-state index is 14.3. The van der Waals surface area contributed by atoms with Crippen molar-refractivity contribution in [1.29, 1.82) is 0 Å². The van der Waals surface area contributed by atoms with Crippen LogP contribution < -0.4 is 14.4 Å². The second kappa shape index (κ2) is 12.6. The van der Waals surface area contributed by atoms with E-state index in [2.05, 4.69) is 24.6 Å². The summed E-state index contributed by atoms with van der Waals surface area (Å²) in [7, 11) is -3.15. The second-order valence-electron chi connectivity index (χ2n) is 10.7. The highest BCUT2D eigenvalue weighted by Crippen LogP contribution is 2.34. The Kier molecular flexibility index (Phi) is 8.77. The summed E-state index contributed by atoms with van der Waals surface area (Å²) >= 11 is 0. The van der Waals surface area contributed by atoms with Gasteiger partial charge in [-0.25, -0.2) is 32.2 Å². The van der Waals surface area contributed by atoms with Gasteiger partial charge in [0.1, 0.15) is 34.4 Å². The molecule has 11 nitrogen and oxygen atoms in total. The number of nitrogens with one attached hydrogen (secondary N) is 1. The van der Waals surface area contributed by atoms with Crippen LogP contribution in [0, 0.1) is 11.6 Å². The fraction of sp³-hybridized carbons (Fsp3) is 0.258. The lowest BCUT2D eigenvalue weighted by molar-refractivity contribution is -0.129. The Hall–Kier alpha value is -4.98. The molecular formula is C31H30F2N6O5S. The number of sulfonamides is 1. The molecule has 234 valence electrons. The molecule has 1 fully saturated rings. The summed E-state index contributed by atoms with van der Waals surface area (Å²) in [4.78, 5) is 40.4. The van der Waals surface area contributed by atoms with Crippen molar-refractivity contribution in [2.24, 2.45) is 0 Å². The molecule has 5 rings (SSSR count). The number of piperazine rings is 1. The van der Waals surface area contributed by atoms with E-state index in [4.69, 9.17) is 4.74 Å². The summed E-state index contributed by atoms with van der Waals surface area (Å²) in [5.74, 6) is -1.99. The number of allylic oxidation sites excluding steroid dienone is 1. The maximum Gasteiger partial charge on any atom is 0.264 e. The molecule has 0 bridgehead atoms. The van der Waals surface area contributed by atoms with Gasteiger partial charge in [0.15, 0.2) is 5.78 Å². The number of methoxy groups -OCH3 is 1. The number of fused-ring (bicyclic) bond motifs is 1. The molecule has 2 aromatic heterocycles. The molecule has 2 atom stereocenters. The topological polar surface area (TPSA) is 135 Å². The second-order valence-corrected chi connectivity index (χ2v) is 12.3. The first kappa shape index (κ1) is 31.4. The zero-order valence-electron chi connectivity index (χ0n) is 24.9. The highest BCUT2D eigenvalue weighted by molar-refractivity contribution is 7.92. The standard InChI is InChI=1S/C31H30F2N6O5S/c1-18-16-39(19(2)15-38(18)29(41)10-5-20(3)40)30-24-11-21(6-8-26(24)35-17-36-30)22-12-27(31(44-4)34-14-22)37-45(42,43)28-9-7-23(32)13-25(28)33/h5-14,17-19,37H,15-16H2,1-4H3/b10-5+/t18-,19+/m1/s1. The number of benzene rings is 2. The summed E-state index contributed by atoms with van der Waals surface area (Å²) in [5, 5.41) is 0.719. The van der Waals surface area contributed by atoms with Gasteiger partial charge in [0.05, 0.1) is 12.6 Å². The number of ether oxygens (including phenoxy) is 1. The molecule has 3 heterocycles. The Morgan fingerprint density at radius 1 is 0.978 bits per heavy atom. The first-order chi connectivity index (χ1) is 21.4. The summed E-state index contributed by atoms with van der Waals surface area (Å²) in [6, 6.07) is 8.84. The molecule has 0 saturated carbocycles. The SMILES string of the molecule is COc1ncc(-c2ccc3ncnc(N4C[C@@H](C)N(C(=O)/C=C/C(C)=O)C[C@@H]4C)c3c2)cc1NS(=O)(=O)c1ccc(F)cc1F. The van der Waals surface area contributed by atoms with Crippen LogP contribution in [-0.4, -0.2) is 72.2 Å². The molecule has 1 N–H and O–H groups in total. The summed E-state index contributed by atoms with van der Waals surface area (Å²) in [5.41, 5.74) is 1.79. The number of hydrogen-bond donors (Lipinski definition) is 1. The Bertz CT molecular complexity index is 1940. The number of pyridine rings is 1. The van der Waals surface area contributed by atoms with E-state index in [0.717, 1.165) is 17.5 Å². The molecule has 14 heteroatoms. The van der Waals surface area contributed by atoms with E-state index in [9.17, 15) is 26.8 Å². The van der Waals surface area contributed by atoms with Crippen LogP contribution in [0.15, 0.2) is 72.0 Å². The predicted molar refractivity (Wildman–Crippen MR) is 164 cm³/mol. The van der Waals surface area contributed by atoms with E-state index in [1.807, 2.05) is 19.9 Å². The first-order valence-corrected chi connectivity index (χ1v) is 15.4. The van der Waals surface area contributed by atoms with E-state index in [0.29, 0.717) is 41.6 Å². The van der Waals surface area contributed by atoms with Crippen LogP contribution in [0.3, 0.4) is 0 Å². The monoisotopic (exact) mass is 636 g/mol. The van der Waals surface area contributed by atoms with Gasteiger partial charge in [0.2, 0.25) is 11.8 Å². The zero-order chi connectivity index (χ0) is 32.5. The Labute approximate surface area is 258 Å². The fourth-order valence-electron chi connectivity index (χ4n) is 5.20. The number of amides is 1. The highest BCUT2D eigenvalue weighted by atomic mass is 32.2. The average molecular weight is 637 g/mol. The number of nitrogens with zero attached hydrogens (tertiary/aromatic N) is 5. The number of anilines is 2. The molecule has 0 radical (unpaired) electrons. The molecule has 2 aromatic carbocycles. The molecule has 45 heavy (non-hydrogen) atoms. The van der Waals surface area contributed by atoms with E-state index >= 15 is 0 Å². The van der Waals surface area contributed by atoms with Gasteiger partial charge in [-0.05, 0) is 62.7 Å². The van der Waals surface area contributed by atoms with Gasteiger partial charge >= 0.3 is 0 Å². The van der Waals surface area contributed by atoms with Crippen molar-refractivity contribution < 1.29 is 31.5 Å². The molecule has 1 aliphatic rings. The van der Waals surface area contributed by atoms with Gasteiger partial charge < -0.3 is 14.5 Å². The number of halogens is 2. The van der Waals surface area contributed by atoms with Gasteiger partial charge in [0.25, 0.3) is 10.0 Å². The minimum Gasteiger partial charge on any atom is -0.480 e. The van der Waals surface area contributed by atoms with Crippen LogP contribution in [-0.2, 0) is 19.6 Å². The van der Waals surface area contributed by atoms with Crippen LogP contribution in [0.1, 0.15) is 20.8 Å². The van der Waals surface area contributed by atoms with E-state index < -0.39 is 26.6 Å². The fourth-order valence-corrected chi connectivity index (χ4v) is 6.31. The summed E-state index contributed by atoms with van der Waals surface area (Å²) in [6.07, 6.45) is 5.53. The molecule has 1 amide bonds. The van der Waals surface area contributed by atoms with E-state index in [1.54, 1.807) is 17.0 Å². The summed E-state index contributed by atoms with van der Waals surface area (Å²) < 4.78 is 61.3. The van der Waals surface area contributed by atoms with Crippen LogP contribution in [0.25, 0.3) is 22.0 Å². The average Bonchev–Trinajstić information content (AvgIpc) is 2.99. The molecular weight excluding hydrogens is 606 g/mol. The minimum atomic E-state index is -4.47. The lowest BCUT2D eigenvalue weighted by Crippen LogP contribution is -2.58. The van der Waals surface area contributed by atoms with E-state index in [1.165, 1.54) is 44.8 Å². The number of hydrogen-bond acceptors (Lipinski definition) is 9. The molecule has 0 unspecified atom stereocenters. The van der Waals surface area contributed by atoms with Gasteiger partial charge in [-0.15, -0.1) is 0 Å². The van der Waals surface area contributed by atoms with Crippen molar-refractivity contribution in [2.45, 2.75) is 37.8 Å². The third-order valence-electron chi connectivity index (χ3n) is 7.42. The third-order valence-corrected chi connectivity index (χ3v) is 8.82. The van der Waals surface area contributed by atoms with E-state index in [-0.39, 0.29) is 35.3 Å². The molecule has 0 spiro atoms. The quantitative estimate of drug-likeness (QED) is 0.280. The number of carbonyl (C=O) groups is 2. The van der Waals surface area contributed by atoms with Crippen LogP contribution in [0.2, 0.25) is 0 Å². The number of carbonyl (C=O) groups excluding carboxylic acids is 2. The normalized spacial score (nSPS) is 17.1. The van der Waals surface area contributed by atoms with Crippen LogP contribution >= 0.6 is 0 Å². The van der Waals surface area contributed by atoms with Crippen molar-refractivity contribution >= 4 is 44.1 Å². The Balaban J connectivity index is 1.48. The van der Waals surface area contributed by atoms with Crippen LogP contribution in [0.4, 0.5) is 20.3 Å². The van der Waals surface area contributed by atoms with Crippen molar-refractivity contribution in [2.75, 3.05) is 29.8 Å². The lowest BCUT2D eigenvalue weighted by atomic mass is 10.0. The number of aromatic nitrogens is 3. The Morgan fingerprint density at radius 3 is 2.47 bits per heavy atom. The smallest absolute Gasteiger partial charge is 0.264 e. The summed E-state index contributed by atoms with van der Waals surface area (Å²) in [6.45, 7) is 6.19. The minimum absolute atomic E-state index is 0.0505. The zero-order valence-corrected chi connectivity index (χ0v) is 25.7. The van der Waals surface area contributed by atoms with Gasteiger partial charge in [-0.3, -0.25) is 14.3 Å². The van der Waals surface area contributed by atoms with Crippen molar-refractivity contribution in [1.82, 2.24) is 19.9 Å². The molecule has 1 saturated heterocycles.